The van der Waals surface area contributed by atoms with E-state index in [0.717, 1.165) is 5.92 Å². The summed E-state index contributed by atoms with van der Waals surface area (Å²) in [5, 5.41) is 0. The molecule has 1 aromatic rings. The summed E-state index contributed by atoms with van der Waals surface area (Å²) in [5.74, 6) is 1.01. The minimum Gasteiger partial charge on any atom is -0.0839 e. The molecular formula is C15H21Br. The summed E-state index contributed by atoms with van der Waals surface area (Å²) in [6.07, 6.45) is 8.53. The first-order valence-electron chi connectivity index (χ1n) is 6.46. The number of aryl methyl sites for hydroxylation is 1. The fraction of sp³-hybridized carbons (Fsp3) is 0.600. The predicted molar refractivity (Wildman–Crippen MR) is 74.0 cm³/mol. The molecule has 2 rings (SSSR count). The van der Waals surface area contributed by atoms with E-state index >= 15 is 0 Å². The van der Waals surface area contributed by atoms with Gasteiger partial charge in [-0.3, -0.25) is 0 Å². The number of rotatable bonds is 4. The molecule has 0 amide bonds. The van der Waals surface area contributed by atoms with E-state index in [-0.39, 0.29) is 0 Å². The third-order valence-electron chi connectivity index (χ3n) is 3.74. The molecule has 0 N–H and O–H groups in total. The second kappa shape index (κ2) is 5.86. The van der Waals surface area contributed by atoms with Crippen molar-refractivity contribution >= 4 is 15.9 Å². The molecule has 1 saturated carbocycles. The molecule has 0 heterocycles. The third kappa shape index (κ3) is 3.35. The average molecular weight is 281 g/mol. The van der Waals surface area contributed by atoms with Crippen LogP contribution in [0.15, 0.2) is 24.3 Å². The zero-order valence-electron chi connectivity index (χ0n) is 10.1. The maximum atomic E-state index is 3.82. The van der Waals surface area contributed by atoms with Gasteiger partial charge in [0.15, 0.2) is 0 Å². The fourth-order valence-corrected chi connectivity index (χ4v) is 3.19. The molecular weight excluding hydrogens is 260 g/mol. The van der Waals surface area contributed by atoms with Crippen LogP contribution in [0.4, 0.5) is 0 Å². The molecule has 0 saturated heterocycles. The molecule has 1 aliphatic carbocycles. The molecule has 0 radical (unpaired) electrons. The minimum atomic E-state index is 0.550. The van der Waals surface area contributed by atoms with Crippen LogP contribution < -0.4 is 0 Å². The van der Waals surface area contributed by atoms with Gasteiger partial charge in [-0.25, -0.2) is 0 Å². The van der Waals surface area contributed by atoms with Crippen molar-refractivity contribution in [1.29, 1.82) is 0 Å². The summed E-state index contributed by atoms with van der Waals surface area (Å²) in [4.78, 5) is 0.550. The van der Waals surface area contributed by atoms with Crippen LogP contribution in [0.1, 0.15) is 54.5 Å². The second-order valence-electron chi connectivity index (χ2n) is 5.11. The number of benzene rings is 1. The quantitative estimate of drug-likeness (QED) is 0.648. The van der Waals surface area contributed by atoms with Gasteiger partial charge in [-0.05, 0) is 31.2 Å². The molecule has 1 atom stereocenters. The number of alkyl halides is 1. The number of halogens is 1. The predicted octanol–water partition coefficient (Wildman–Crippen LogP) is 5.40. The van der Waals surface area contributed by atoms with Crippen molar-refractivity contribution in [3.63, 3.8) is 0 Å². The molecule has 88 valence electrons. The Morgan fingerprint density at radius 2 is 1.81 bits per heavy atom. The van der Waals surface area contributed by atoms with E-state index in [4.69, 9.17) is 0 Å². The number of hydrogen-bond donors (Lipinski definition) is 0. The Balaban J connectivity index is 1.82. The summed E-state index contributed by atoms with van der Waals surface area (Å²) in [6.45, 7) is 2.14. The van der Waals surface area contributed by atoms with Crippen molar-refractivity contribution in [2.45, 2.75) is 50.3 Å². The highest BCUT2D eigenvalue weighted by molar-refractivity contribution is 9.09. The molecule has 1 unspecified atom stereocenters. The smallest absolute Gasteiger partial charge is 0.0395 e. The van der Waals surface area contributed by atoms with Crippen LogP contribution in [-0.2, 0) is 0 Å². The lowest BCUT2D eigenvalue weighted by Crippen LogP contribution is -1.97. The molecule has 1 heteroatoms. The Bertz CT molecular complexity index is 309. The third-order valence-corrected chi connectivity index (χ3v) is 4.73. The maximum absolute atomic E-state index is 3.82. The van der Waals surface area contributed by atoms with Crippen LogP contribution in [-0.4, -0.2) is 0 Å². The maximum Gasteiger partial charge on any atom is 0.0395 e. The zero-order chi connectivity index (χ0) is 11.4. The Morgan fingerprint density at radius 3 is 2.44 bits per heavy atom. The van der Waals surface area contributed by atoms with Crippen molar-refractivity contribution in [2.24, 2.45) is 5.92 Å². The van der Waals surface area contributed by atoms with Crippen molar-refractivity contribution in [3.05, 3.63) is 35.4 Å². The molecule has 0 spiro atoms. The second-order valence-corrected chi connectivity index (χ2v) is 6.21. The van der Waals surface area contributed by atoms with E-state index in [2.05, 4.69) is 47.1 Å². The highest BCUT2D eigenvalue weighted by Crippen LogP contribution is 2.34. The Hall–Kier alpha value is -0.300. The highest BCUT2D eigenvalue weighted by Gasteiger charge is 2.16. The average Bonchev–Trinajstić information content (AvgIpc) is 2.80. The number of hydrogen-bond acceptors (Lipinski definition) is 0. The zero-order valence-corrected chi connectivity index (χ0v) is 11.7. The van der Waals surface area contributed by atoms with Gasteiger partial charge >= 0.3 is 0 Å². The van der Waals surface area contributed by atoms with Crippen LogP contribution in [0.2, 0.25) is 0 Å². The van der Waals surface area contributed by atoms with Gasteiger partial charge in [-0.15, -0.1) is 0 Å². The van der Waals surface area contributed by atoms with Gasteiger partial charge in [0.1, 0.15) is 0 Å². The van der Waals surface area contributed by atoms with Gasteiger partial charge in [-0.1, -0.05) is 71.4 Å². The lowest BCUT2D eigenvalue weighted by molar-refractivity contribution is 0.483. The van der Waals surface area contributed by atoms with Gasteiger partial charge in [-0.2, -0.15) is 0 Å². The minimum absolute atomic E-state index is 0.550. The van der Waals surface area contributed by atoms with Crippen molar-refractivity contribution in [2.75, 3.05) is 0 Å². The van der Waals surface area contributed by atoms with E-state index in [1.807, 2.05) is 0 Å². The standard InChI is InChI=1S/C15H21Br/c1-12-6-9-14(10-7-12)15(16)11-8-13-4-2-3-5-13/h6-7,9-10,13,15H,2-5,8,11H2,1H3. The van der Waals surface area contributed by atoms with Crippen LogP contribution in [0, 0.1) is 12.8 Å². The van der Waals surface area contributed by atoms with Crippen LogP contribution in [0.3, 0.4) is 0 Å². The largest absolute Gasteiger partial charge is 0.0839 e. The van der Waals surface area contributed by atoms with Gasteiger partial charge in [0.2, 0.25) is 0 Å². The summed E-state index contributed by atoms with van der Waals surface area (Å²) in [6, 6.07) is 8.92. The van der Waals surface area contributed by atoms with E-state index in [0.29, 0.717) is 4.83 Å². The van der Waals surface area contributed by atoms with Crippen LogP contribution in [0.25, 0.3) is 0 Å². The molecule has 0 aromatic heterocycles. The van der Waals surface area contributed by atoms with Gasteiger partial charge < -0.3 is 0 Å². The lowest BCUT2D eigenvalue weighted by Gasteiger charge is -2.13. The van der Waals surface area contributed by atoms with E-state index in [1.54, 1.807) is 0 Å². The SMILES string of the molecule is Cc1ccc(C(Br)CCC2CCCC2)cc1. The molecule has 0 nitrogen and oxygen atoms in total. The highest BCUT2D eigenvalue weighted by atomic mass is 79.9. The van der Waals surface area contributed by atoms with Gasteiger partial charge in [0, 0.05) is 4.83 Å². The van der Waals surface area contributed by atoms with E-state index in [1.165, 1.54) is 49.7 Å². The first-order valence-corrected chi connectivity index (χ1v) is 7.38. The molecule has 1 fully saturated rings. The molecule has 1 aliphatic rings. The molecule has 1 aromatic carbocycles. The topological polar surface area (TPSA) is 0 Å². The van der Waals surface area contributed by atoms with Crippen molar-refractivity contribution < 1.29 is 0 Å². The Morgan fingerprint density at radius 1 is 1.19 bits per heavy atom. The van der Waals surface area contributed by atoms with Crippen LogP contribution in [0.5, 0.6) is 0 Å². The fourth-order valence-electron chi connectivity index (χ4n) is 2.62. The summed E-state index contributed by atoms with van der Waals surface area (Å²) >= 11 is 3.82. The monoisotopic (exact) mass is 280 g/mol. The normalized spacial score (nSPS) is 18.9. The molecule has 0 aliphatic heterocycles. The first-order chi connectivity index (χ1) is 7.75. The van der Waals surface area contributed by atoms with Gasteiger partial charge in [0.25, 0.3) is 0 Å². The summed E-state index contributed by atoms with van der Waals surface area (Å²) in [5.41, 5.74) is 2.78. The van der Waals surface area contributed by atoms with Gasteiger partial charge in [0.05, 0.1) is 0 Å². The summed E-state index contributed by atoms with van der Waals surface area (Å²) < 4.78 is 0. The molecule has 0 bridgehead atoms. The molecule has 16 heavy (non-hydrogen) atoms. The first kappa shape index (κ1) is 12.2. The Labute approximate surface area is 108 Å². The van der Waals surface area contributed by atoms with Crippen molar-refractivity contribution in [3.8, 4) is 0 Å². The Kier molecular flexibility index (Phi) is 4.45. The lowest BCUT2D eigenvalue weighted by atomic mass is 9.98. The van der Waals surface area contributed by atoms with E-state index in [9.17, 15) is 0 Å². The van der Waals surface area contributed by atoms with Crippen LogP contribution >= 0.6 is 15.9 Å². The summed E-state index contributed by atoms with van der Waals surface area (Å²) in [7, 11) is 0. The van der Waals surface area contributed by atoms with Crippen molar-refractivity contribution in [1.82, 2.24) is 0 Å². The van der Waals surface area contributed by atoms with E-state index < -0.39 is 0 Å².